The van der Waals surface area contributed by atoms with Crippen molar-refractivity contribution in [2.24, 2.45) is 5.73 Å². The quantitative estimate of drug-likeness (QED) is 0.189. The number of carboxylic acids is 5. The predicted molar refractivity (Wildman–Crippen MR) is 78.0 cm³/mol. The first-order valence-corrected chi connectivity index (χ1v) is 6.78. The summed E-state index contributed by atoms with van der Waals surface area (Å²) in [5, 5.41) is 44.4. The summed E-state index contributed by atoms with van der Waals surface area (Å²) in [5.41, 5.74) is 5.29. The summed E-state index contributed by atoms with van der Waals surface area (Å²) in [4.78, 5) is 56.2. The van der Waals surface area contributed by atoms with Gasteiger partial charge in [-0.1, -0.05) is 0 Å². The van der Waals surface area contributed by atoms with E-state index in [4.69, 9.17) is 31.3 Å². The Balaban J connectivity index is 5.31. The fraction of sp³-hybridized carbons (Fsp3) is 0.583. The molecule has 2 atom stereocenters. The van der Waals surface area contributed by atoms with Crippen LogP contribution >= 0.6 is 0 Å². The van der Waals surface area contributed by atoms with Gasteiger partial charge in [-0.05, 0) is 0 Å². The SMILES string of the molecule is N[C@H](C(=O)O)C(C(=O)O)N(CCN(CC(=O)O)CC(=O)O)CC(=O)O. The van der Waals surface area contributed by atoms with Crippen LogP contribution in [0.5, 0.6) is 0 Å². The molecule has 0 aromatic rings. The van der Waals surface area contributed by atoms with Crippen LogP contribution in [0, 0.1) is 0 Å². The molecular weight excluding hydrogens is 346 g/mol. The van der Waals surface area contributed by atoms with Gasteiger partial charge >= 0.3 is 29.8 Å². The van der Waals surface area contributed by atoms with Crippen LogP contribution in [-0.2, 0) is 24.0 Å². The summed E-state index contributed by atoms with van der Waals surface area (Å²) in [7, 11) is 0. The zero-order chi connectivity index (χ0) is 19.7. The maximum atomic E-state index is 11.3. The average Bonchev–Trinajstić information content (AvgIpc) is 2.41. The molecule has 25 heavy (non-hydrogen) atoms. The first-order valence-electron chi connectivity index (χ1n) is 6.78. The molecule has 13 nitrogen and oxygen atoms in total. The van der Waals surface area contributed by atoms with Gasteiger partial charge < -0.3 is 31.3 Å². The maximum Gasteiger partial charge on any atom is 0.323 e. The normalized spacial score (nSPS) is 13.4. The van der Waals surface area contributed by atoms with E-state index < -0.39 is 68.1 Å². The van der Waals surface area contributed by atoms with E-state index >= 15 is 0 Å². The molecule has 0 heterocycles. The zero-order valence-corrected chi connectivity index (χ0v) is 12.9. The zero-order valence-electron chi connectivity index (χ0n) is 12.9. The number of aliphatic carboxylic acids is 5. The van der Waals surface area contributed by atoms with Gasteiger partial charge in [-0.2, -0.15) is 0 Å². The second-order valence-electron chi connectivity index (χ2n) is 5.01. The van der Waals surface area contributed by atoms with Crippen LogP contribution in [0.1, 0.15) is 0 Å². The third-order valence-corrected chi connectivity index (χ3v) is 3.03. The number of carboxylic acid groups (broad SMARTS) is 5. The Morgan fingerprint density at radius 2 is 1.16 bits per heavy atom. The molecule has 0 saturated heterocycles. The molecule has 0 aliphatic rings. The van der Waals surface area contributed by atoms with Gasteiger partial charge in [0.2, 0.25) is 0 Å². The third kappa shape index (κ3) is 8.59. The van der Waals surface area contributed by atoms with E-state index in [2.05, 4.69) is 0 Å². The van der Waals surface area contributed by atoms with Crippen molar-refractivity contribution in [2.75, 3.05) is 32.7 Å². The van der Waals surface area contributed by atoms with Crippen molar-refractivity contribution in [3.63, 3.8) is 0 Å². The van der Waals surface area contributed by atoms with E-state index in [-0.39, 0.29) is 6.54 Å². The fourth-order valence-corrected chi connectivity index (χ4v) is 2.03. The molecule has 0 aliphatic heterocycles. The van der Waals surface area contributed by atoms with Crippen LogP contribution in [0.15, 0.2) is 0 Å². The lowest BCUT2D eigenvalue weighted by Crippen LogP contribution is -2.58. The standard InChI is InChI=1S/C12H19N3O10/c13-9(11(22)23)10(12(24)25)15(5-8(20)21)2-1-14(3-6(16)17)4-7(18)19/h9-10H,1-5,13H2,(H,16,17)(H,18,19)(H,20,21)(H,22,23)(H,24,25)/t9-,10?/m0/s1. The minimum atomic E-state index is -1.94. The van der Waals surface area contributed by atoms with E-state index in [1.54, 1.807) is 0 Å². The molecule has 0 aliphatic carbocycles. The highest BCUT2D eigenvalue weighted by Crippen LogP contribution is 2.06. The highest BCUT2D eigenvalue weighted by molar-refractivity contribution is 5.85. The van der Waals surface area contributed by atoms with Gasteiger partial charge in [-0.15, -0.1) is 0 Å². The van der Waals surface area contributed by atoms with Gasteiger partial charge in [0.15, 0.2) is 0 Å². The minimum absolute atomic E-state index is 0.331. The summed E-state index contributed by atoms with van der Waals surface area (Å²) >= 11 is 0. The minimum Gasteiger partial charge on any atom is -0.480 e. The third-order valence-electron chi connectivity index (χ3n) is 3.03. The van der Waals surface area contributed by atoms with Crippen LogP contribution in [0.4, 0.5) is 0 Å². The Morgan fingerprint density at radius 3 is 1.48 bits per heavy atom. The maximum absolute atomic E-state index is 11.3. The van der Waals surface area contributed by atoms with Crippen molar-refractivity contribution in [1.82, 2.24) is 9.80 Å². The number of nitrogens with zero attached hydrogens (tertiary/aromatic N) is 2. The number of hydrogen-bond donors (Lipinski definition) is 6. The number of nitrogens with two attached hydrogens (primary N) is 1. The molecule has 0 amide bonds. The lowest BCUT2D eigenvalue weighted by atomic mass is 10.1. The first kappa shape index (κ1) is 22.2. The summed E-state index contributed by atoms with van der Waals surface area (Å²) in [6, 6.07) is -3.84. The molecule has 0 rings (SSSR count). The molecule has 0 aromatic heterocycles. The van der Waals surface area contributed by atoms with Crippen LogP contribution in [0.3, 0.4) is 0 Å². The highest BCUT2D eigenvalue weighted by Gasteiger charge is 2.37. The van der Waals surface area contributed by atoms with E-state index in [9.17, 15) is 24.0 Å². The number of rotatable bonds is 13. The monoisotopic (exact) mass is 365 g/mol. The van der Waals surface area contributed by atoms with Crippen LogP contribution < -0.4 is 5.73 Å². The van der Waals surface area contributed by atoms with Crippen LogP contribution in [0.25, 0.3) is 0 Å². The average molecular weight is 365 g/mol. The molecule has 0 radical (unpaired) electrons. The number of hydrogen-bond acceptors (Lipinski definition) is 8. The van der Waals surface area contributed by atoms with Gasteiger partial charge in [-0.25, -0.2) is 0 Å². The molecular formula is C12H19N3O10. The topological polar surface area (TPSA) is 219 Å². The Bertz CT molecular complexity index is 521. The Labute approximate surface area is 140 Å². The second kappa shape index (κ2) is 10.2. The molecule has 0 spiro atoms. The molecule has 0 bridgehead atoms. The summed E-state index contributed by atoms with van der Waals surface area (Å²) in [6.07, 6.45) is 0. The molecule has 1 unspecified atom stereocenters. The van der Waals surface area contributed by atoms with Crippen LogP contribution in [-0.4, -0.2) is 110 Å². The molecule has 0 fully saturated rings. The van der Waals surface area contributed by atoms with Crippen LogP contribution in [0.2, 0.25) is 0 Å². The lowest BCUT2D eigenvalue weighted by molar-refractivity contribution is -0.154. The molecule has 13 heteroatoms. The van der Waals surface area contributed by atoms with Gasteiger partial charge in [0.25, 0.3) is 0 Å². The van der Waals surface area contributed by atoms with E-state index in [0.717, 1.165) is 9.80 Å². The lowest BCUT2D eigenvalue weighted by Gasteiger charge is -2.31. The summed E-state index contributed by atoms with van der Waals surface area (Å²) in [5.74, 6) is -7.51. The molecule has 7 N–H and O–H groups in total. The number of carbonyl (C=O) groups is 5. The Morgan fingerprint density at radius 1 is 0.720 bits per heavy atom. The van der Waals surface area contributed by atoms with Gasteiger partial charge in [0.05, 0.1) is 19.6 Å². The second-order valence-corrected chi connectivity index (χ2v) is 5.01. The highest BCUT2D eigenvalue weighted by atomic mass is 16.4. The van der Waals surface area contributed by atoms with Gasteiger partial charge in [0, 0.05) is 13.1 Å². The van der Waals surface area contributed by atoms with E-state index in [1.165, 1.54) is 0 Å². The fourth-order valence-electron chi connectivity index (χ4n) is 2.03. The van der Waals surface area contributed by atoms with Crippen molar-refractivity contribution >= 4 is 29.8 Å². The molecule has 142 valence electrons. The smallest absolute Gasteiger partial charge is 0.323 e. The molecule has 0 saturated carbocycles. The summed E-state index contributed by atoms with van der Waals surface area (Å²) in [6.45, 7) is -3.01. The first-order chi connectivity index (χ1) is 11.5. The van der Waals surface area contributed by atoms with Crippen molar-refractivity contribution in [3.8, 4) is 0 Å². The van der Waals surface area contributed by atoms with Crippen molar-refractivity contribution < 1.29 is 49.5 Å². The van der Waals surface area contributed by atoms with E-state index in [0.29, 0.717) is 0 Å². The van der Waals surface area contributed by atoms with Gasteiger partial charge in [0.1, 0.15) is 12.1 Å². The Hall–Kier alpha value is -2.77. The molecule has 0 aromatic carbocycles. The predicted octanol–water partition coefficient (Wildman–Crippen LogP) is -3.29. The largest absolute Gasteiger partial charge is 0.480 e. The van der Waals surface area contributed by atoms with Crippen molar-refractivity contribution in [2.45, 2.75) is 12.1 Å². The van der Waals surface area contributed by atoms with E-state index in [1.807, 2.05) is 0 Å². The van der Waals surface area contributed by atoms with Crippen molar-refractivity contribution in [3.05, 3.63) is 0 Å². The summed E-state index contributed by atoms with van der Waals surface area (Å²) < 4.78 is 0. The van der Waals surface area contributed by atoms with Crippen molar-refractivity contribution in [1.29, 1.82) is 0 Å². The Kier molecular flexibility index (Phi) is 9.04. The van der Waals surface area contributed by atoms with Gasteiger partial charge in [-0.3, -0.25) is 33.8 Å².